The SMILES string of the molecule is Cc1ccc(C(C)C)c(Oc2nc3ccccn3c(=O)c2/C=C2/SC(=S)N(Cc3ccccc3Cl)C2=O)c1. The van der Waals surface area contributed by atoms with E-state index in [2.05, 4.69) is 18.8 Å². The van der Waals surface area contributed by atoms with Gasteiger partial charge in [-0.15, -0.1) is 0 Å². The second-order valence-electron chi connectivity index (χ2n) is 9.22. The van der Waals surface area contributed by atoms with E-state index in [9.17, 15) is 9.59 Å². The van der Waals surface area contributed by atoms with Crippen molar-refractivity contribution in [1.29, 1.82) is 0 Å². The minimum absolute atomic E-state index is 0.130. The summed E-state index contributed by atoms with van der Waals surface area (Å²) in [6, 6.07) is 18.6. The zero-order valence-corrected chi connectivity index (χ0v) is 23.4. The molecule has 6 nitrogen and oxygen atoms in total. The quantitative estimate of drug-likeness (QED) is 0.187. The van der Waals surface area contributed by atoms with Gasteiger partial charge in [-0.2, -0.15) is 4.98 Å². The third kappa shape index (κ3) is 5.12. The first-order valence-electron chi connectivity index (χ1n) is 12.0. The Bertz CT molecular complexity index is 1680. The number of halogens is 1. The highest BCUT2D eigenvalue weighted by Gasteiger charge is 2.33. The van der Waals surface area contributed by atoms with Crippen molar-refractivity contribution >= 4 is 57.5 Å². The molecule has 0 N–H and O–H groups in total. The molecule has 2 aromatic carbocycles. The van der Waals surface area contributed by atoms with Crippen molar-refractivity contribution in [3.05, 3.63) is 109 Å². The van der Waals surface area contributed by atoms with Crippen molar-refractivity contribution in [3.8, 4) is 11.6 Å². The van der Waals surface area contributed by atoms with Crippen LogP contribution in [0.4, 0.5) is 0 Å². The molecular weight excluding hydrogens is 538 g/mol. The Labute approximate surface area is 234 Å². The van der Waals surface area contributed by atoms with E-state index >= 15 is 0 Å². The third-order valence-electron chi connectivity index (χ3n) is 6.17. The predicted molar refractivity (Wildman–Crippen MR) is 157 cm³/mol. The monoisotopic (exact) mass is 561 g/mol. The van der Waals surface area contributed by atoms with Gasteiger partial charge in [-0.25, -0.2) is 0 Å². The van der Waals surface area contributed by atoms with E-state index in [4.69, 9.17) is 28.6 Å². The van der Waals surface area contributed by atoms with Gasteiger partial charge in [0.1, 0.15) is 21.3 Å². The van der Waals surface area contributed by atoms with Crippen molar-refractivity contribution in [3.63, 3.8) is 0 Å². The fourth-order valence-corrected chi connectivity index (χ4v) is 5.59. The first kappa shape index (κ1) is 26.2. The van der Waals surface area contributed by atoms with Crippen LogP contribution in [-0.2, 0) is 11.3 Å². The number of carbonyl (C=O) groups excluding carboxylic acids is 1. The molecule has 0 aliphatic carbocycles. The molecule has 0 bridgehead atoms. The van der Waals surface area contributed by atoms with E-state index in [1.54, 1.807) is 30.5 Å². The molecule has 0 spiro atoms. The summed E-state index contributed by atoms with van der Waals surface area (Å²) in [6.45, 7) is 6.36. The third-order valence-corrected chi connectivity index (χ3v) is 7.91. The molecule has 1 fully saturated rings. The van der Waals surface area contributed by atoms with Gasteiger partial charge in [-0.05, 0) is 59.9 Å². The normalized spacial score (nSPS) is 14.8. The molecule has 0 radical (unpaired) electrons. The Morgan fingerprint density at radius 1 is 1.11 bits per heavy atom. The Morgan fingerprint density at radius 3 is 2.63 bits per heavy atom. The summed E-state index contributed by atoms with van der Waals surface area (Å²) in [5.74, 6) is 0.636. The van der Waals surface area contributed by atoms with E-state index in [0.717, 1.165) is 28.5 Å². The lowest BCUT2D eigenvalue weighted by atomic mass is 10.0. The van der Waals surface area contributed by atoms with Crippen LogP contribution in [0.25, 0.3) is 11.7 Å². The smallest absolute Gasteiger partial charge is 0.269 e. The maximum atomic E-state index is 13.6. The van der Waals surface area contributed by atoms with Crippen molar-refractivity contribution in [2.75, 3.05) is 0 Å². The molecular formula is C29H24ClN3O3S2. The van der Waals surface area contributed by atoms with E-state index in [-0.39, 0.29) is 35.4 Å². The molecule has 1 saturated heterocycles. The number of aryl methyl sites for hydroxylation is 1. The molecule has 1 aliphatic heterocycles. The summed E-state index contributed by atoms with van der Waals surface area (Å²) in [7, 11) is 0. The number of ether oxygens (including phenoxy) is 1. The summed E-state index contributed by atoms with van der Waals surface area (Å²) in [6.07, 6.45) is 3.17. The molecule has 192 valence electrons. The second-order valence-corrected chi connectivity index (χ2v) is 11.3. The van der Waals surface area contributed by atoms with Gasteiger partial charge < -0.3 is 4.74 Å². The van der Waals surface area contributed by atoms with Crippen molar-refractivity contribution in [2.24, 2.45) is 0 Å². The predicted octanol–water partition coefficient (Wildman–Crippen LogP) is 6.97. The van der Waals surface area contributed by atoms with Crippen LogP contribution < -0.4 is 10.3 Å². The average molecular weight is 562 g/mol. The molecule has 0 saturated carbocycles. The van der Waals surface area contributed by atoms with Gasteiger partial charge in [0.05, 0.1) is 11.4 Å². The molecule has 1 aliphatic rings. The van der Waals surface area contributed by atoms with Crippen molar-refractivity contribution in [2.45, 2.75) is 33.2 Å². The Kier molecular flexibility index (Phi) is 7.38. The van der Waals surface area contributed by atoms with Gasteiger partial charge in [0.15, 0.2) is 0 Å². The maximum Gasteiger partial charge on any atom is 0.269 e. The molecule has 1 amide bonds. The minimum Gasteiger partial charge on any atom is -0.438 e. The number of fused-ring (bicyclic) bond motifs is 1. The van der Waals surface area contributed by atoms with E-state index in [0.29, 0.717) is 25.6 Å². The number of benzene rings is 2. The number of hydrogen-bond acceptors (Lipinski definition) is 6. The number of rotatable bonds is 6. The molecule has 5 rings (SSSR count). The molecule has 4 aromatic rings. The number of amides is 1. The fraction of sp³-hybridized carbons (Fsp3) is 0.172. The van der Waals surface area contributed by atoms with Crippen LogP contribution in [0, 0.1) is 6.92 Å². The average Bonchev–Trinajstić information content (AvgIpc) is 3.15. The van der Waals surface area contributed by atoms with Gasteiger partial charge in [-0.1, -0.05) is 85.8 Å². The molecule has 0 unspecified atom stereocenters. The first-order chi connectivity index (χ1) is 18.2. The van der Waals surface area contributed by atoms with Gasteiger partial charge in [0, 0.05) is 11.2 Å². The van der Waals surface area contributed by atoms with Gasteiger partial charge in [0.2, 0.25) is 5.88 Å². The van der Waals surface area contributed by atoms with Crippen LogP contribution in [0.15, 0.2) is 76.6 Å². The Morgan fingerprint density at radius 2 is 1.87 bits per heavy atom. The van der Waals surface area contributed by atoms with Crippen LogP contribution in [0.2, 0.25) is 5.02 Å². The molecule has 0 atom stereocenters. The van der Waals surface area contributed by atoms with Crippen molar-refractivity contribution in [1.82, 2.24) is 14.3 Å². The standard InChI is InChI=1S/C29H24ClN3O3S2/c1-17(2)20-12-11-18(3)14-23(20)36-26-21(27(34)32-13-7-6-10-25(32)31-26)15-24-28(35)33(29(37)38-24)16-19-8-4-5-9-22(19)30/h4-15,17H,16H2,1-3H3/b24-15+. The number of thiocarbonyl (C=S) groups is 1. The van der Waals surface area contributed by atoms with Gasteiger partial charge in [-0.3, -0.25) is 18.9 Å². The highest BCUT2D eigenvalue weighted by Crippen LogP contribution is 2.37. The summed E-state index contributed by atoms with van der Waals surface area (Å²) in [5.41, 5.74) is 3.05. The second kappa shape index (κ2) is 10.7. The highest BCUT2D eigenvalue weighted by atomic mass is 35.5. The lowest BCUT2D eigenvalue weighted by molar-refractivity contribution is -0.122. The fourth-order valence-electron chi connectivity index (χ4n) is 4.16. The summed E-state index contributed by atoms with van der Waals surface area (Å²) in [4.78, 5) is 33.5. The molecule has 3 heterocycles. The topological polar surface area (TPSA) is 63.9 Å². The number of aromatic nitrogens is 2. The summed E-state index contributed by atoms with van der Waals surface area (Å²) < 4.78 is 8.15. The largest absolute Gasteiger partial charge is 0.438 e. The zero-order chi connectivity index (χ0) is 27.0. The Balaban J connectivity index is 1.60. The van der Waals surface area contributed by atoms with Crippen LogP contribution in [0.3, 0.4) is 0 Å². The van der Waals surface area contributed by atoms with Crippen LogP contribution in [-0.4, -0.2) is 24.5 Å². The van der Waals surface area contributed by atoms with Gasteiger partial charge >= 0.3 is 0 Å². The van der Waals surface area contributed by atoms with E-state index < -0.39 is 0 Å². The van der Waals surface area contributed by atoms with Crippen LogP contribution in [0.1, 0.15) is 42.0 Å². The number of hydrogen-bond donors (Lipinski definition) is 0. The van der Waals surface area contributed by atoms with Gasteiger partial charge in [0.25, 0.3) is 11.5 Å². The van der Waals surface area contributed by atoms with Crippen LogP contribution in [0.5, 0.6) is 11.6 Å². The van der Waals surface area contributed by atoms with Crippen LogP contribution >= 0.6 is 35.6 Å². The molecule has 38 heavy (non-hydrogen) atoms. The number of carbonyl (C=O) groups is 1. The first-order valence-corrected chi connectivity index (χ1v) is 13.6. The summed E-state index contributed by atoms with van der Waals surface area (Å²) in [5, 5.41) is 0.553. The number of thioether (sulfide) groups is 1. The molecule has 9 heteroatoms. The lowest BCUT2D eigenvalue weighted by Gasteiger charge is -2.16. The number of pyridine rings is 1. The van der Waals surface area contributed by atoms with E-state index in [1.165, 1.54) is 15.4 Å². The Hall–Kier alpha value is -3.46. The maximum absolute atomic E-state index is 13.6. The van der Waals surface area contributed by atoms with E-state index in [1.807, 2.05) is 43.3 Å². The zero-order valence-electron chi connectivity index (χ0n) is 21.0. The summed E-state index contributed by atoms with van der Waals surface area (Å²) >= 11 is 13.0. The lowest BCUT2D eigenvalue weighted by Crippen LogP contribution is -2.27. The highest BCUT2D eigenvalue weighted by molar-refractivity contribution is 8.26. The molecule has 2 aromatic heterocycles. The van der Waals surface area contributed by atoms with Crippen molar-refractivity contribution < 1.29 is 9.53 Å². The number of nitrogens with zero attached hydrogens (tertiary/aromatic N) is 3. The minimum atomic E-state index is -0.347.